The number of nitrogen functional groups attached to an aromatic ring is 1. The molecule has 0 aliphatic heterocycles. The summed E-state index contributed by atoms with van der Waals surface area (Å²) in [5.41, 5.74) is 8.65. The average Bonchev–Trinajstić information content (AvgIpc) is 2.51. The van der Waals surface area contributed by atoms with Crippen molar-refractivity contribution in [3.05, 3.63) is 53.6 Å². The van der Waals surface area contributed by atoms with Crippen LogP contribution in [0.5, 0.6) is 5.75 Å². The molecule has 3 N–H and O–H groups in total. The summed E-state index contributed by atoms with van der Waals surface area (Å²) in [7, 11) is 0. The number of nitrogens with one attached hydrogen (secondary N) is 1. The molecule has 0 unspecified atom stereocenters. The molecule has 4 nitrogen and oxygen atoms in total. The molecule has 0 fully saturated rings. The summed E-state index contributed by atoms with van der Waals surface area (Å²) < 4.78 is 5.63. The number of hydrogen-bond donors (Lipinski definition) is 2. The molecule has 0 aliphatic carbocycles. The summed E-state index contributed by atoms with van der Waals surface area (Å²) in [5, 5.41) is 2.89. The van der Waals surface area contributed by atoms with Crippen molar-refractivity contribution < 1.29 is 9.53 Å². The van der Waals surface area contributed by atoms with Gasteiger partial charge in [-0.1, -0.05) is 25.5 Å². The summed E-state index contributed by atoms with van der Waals surface area (Å²) >= 11 is 0. The van der Waals surface area contributed by atoms with E-state index in [1.165, 1.54) is 0 Å². The van der Waals surface area contributed by atoms with E-state index in [2.05, 4.69) is 12.2 Å². The monoisotopic (exact) mass is 298 g/mol. The first-order chi connectivity index (χ1) is 10.6. The molecule has 116 valence electrons. The van der Waals surface area contributed by atoms with E-state index >= 15 is 0 Å². The number of hydrogen-bond acceptors (Lipinski definition) is 3. The third-order valence-corrected chi connectivity index (χ3v) is 3.37. The zero-order valence-electron chi connectivity index (χ0n) is 13.1. The normalized spacial score (nSPS) is 10.3. The van der Waals surface area contributed by atoms with Crippen LogP contribution in [-0.4, -0.2) is 12.5 Å². The Balaban J connectivity index is 2.09. The Bertz CT molecular complexity index is 653. The molecular weight excluding hydrogens is 276 g/mol. The van der Waals surface area contributed by atoms with E-state index in [4.69, 9.17) is 10.5 Å². The van der Waals surface area contributed by atoms with Gasteiger partial charge in [0.15, 0.2) is 0 Å². The Kier molecular flexibility index (Phi) is 5.42. The van der Waals surface area contributed by atoms with Gasteiger partial charge in [-0.25, -0.2) is 0 Å². The minimum Gasteiger partial charge on any atom is -0.494 e. The fourth-order valence-electron chi connectivity index (χ4n) is 2.03. The number of nitrogens with two attached hydrogens (primary N) is 1. The predicted molar refractivity (Wildman–Crippen MR) is 90.4 cm³/mol. The molecule has 0 saturated carbocycles. The average molecular weight is 298 g/mol. The van der Waals surface area contributed by atoms with Crippen molar-refractivity contribution in [3.63, 3.8) is 0 Å². The van der Waals surface area contributed by atoms with Crippen molar-refractivity contribution in [1.29, 1.82) is 0 Å². The standard InChI is InChI=1S/C18H22N2O2/c1-3-4-10-22-16-7-5-6-14(11-16)18(21)20-17-12-15(19)9-8-13(17)2/h5-9,11-12H,3-4,10,19H2,1-2H3,(H,20,21). The van der Waals surface area contributed by atoms with Gasteiger partial charge in [0.2, 0.25) is 0 Å². The molecule has 2 rings (SSSR count). The first-order valence-corrected chi connectivity index (χ1v) is 7.50. The number of carbonyl (C=O) groups excluding carboxylic acids is 1. The number of carbonyl (C=O) groups is 1. The zero-order valence-corrected chi connectivity index (χ0v) is 13.1. The lowest BCUT2D eigenvalue weighted by Crippen LogP contribution is -2.13. The van der Waals surface area contributed by atoms with Crippen LogP contribution in [0.1, 0.15) is 35.7 Å². The molecule has 0 bridgehead atoms. The van der Waals surface area contributed by atoms with Gasteiger partial charge >= 0.3 is 0 Å². The molecule has 0 spiro atoms. The number of ether oxygens (including phenoxy) is 1. The van der Waals surface area contributed by atoms with E-state index in [0.29, 0.717) is 23.6 Å². The quantitative estimate of drug-likeness (QED) is 0.625. The van der Waals surface area contributed by atoms with Crippen LogP contribution in [0, 0.1) is 6.92 Å². The second-order valence-electron chi connectivity index (χ2n) is 5.26. The van der Waals surface area contributed by atoms with E-state index < -0.39 is 0 Å². The summed E-state index contributed by atoms with van der Waals surface area (Å²) in [4.78, 5) is 12.4. The summed E-state index contributed by atoms with van der Waals surface area (Å²) in [5.74, 6) is 0.542. The minimum absolute atomic E-state index is 0.172. The SMILES string of the molecule is CCCCOc1cccc(C(=O)Nc2cc(N)ccc2C)c1. The zero-order chi connectivity index (χ0) is 15.9. The van der Waals surface area contributed by atoms with E-state index in [1.54, 1.807) is 18.2 Å². The summed E-state index contributed by atoms with van der Waals surface area (Å²) in [6.07, 6.45) is 2.08. The van der Waals surface area contributed by atoms with Gasteiger partial charge in [-0.05, 0) is 49.2 Å². The maximum atomic E-state index is 12.4. The highest BCUT2D eigenvalue weighted by Gasteiger charge is 2.09. The Morgan fingerprint density at radius 1 is 1.23 bits per heavy atom. The van der Waals surface area contributed by atoms with E-state index in [0.717, 1.165) is 24.1 Å². The number of aryl methyl sites for hydroxylation is 1. The highest BCUT2D eigenvalue weighted by molar-refractivity contribution is 6.05. The molecule has 4 heteroatoms. The van der Waals surface area contributed by atoms with Crippen LogP contribution < -0.4 is 15.8 Å². The molecule has 2 aromatic carbocycles. The van der Waals surface area contributed by atoms with E-state index in [1.807, 2.05) is 31.2 Å². The molecule has 1 amide bonds. The second kappa shape index (κ2) is 7.50. The van der Waals surface area contributed by atoms with Crippen molar-refractivity contribution in [2.45, 2.75) is 26.7 Å². The first-order valence-electron chi connectivity index (χ1n) is 7.50. The molecule has 0 heterocycles. The molecule has 2 aromatic rings. The number of rotatable bonds is 6. The van der Waals surface area contributed by atoms with Gasteiger partial charge in [0.05, 0.1) is 6.61 Å². The lowest BCUT2D eigenvalue weighted by atomic mass is 10.1. The molecule has 0 saturated heterocycles. The van der Waals surface area contributed by atoms with Crippen LogP contribution in [0.3, 0.4) is 0 Å². The maximum absolute atomic E-state index is 12.4. The van der Waals surface area contributed by atoms with Crippen LogP contribution >= 0.6 is 0 Å². The van der Waals surface area contributed by atoms with Crippen LogP contribution in [0.2, 0.25) is 0 Å². The molecule has 0 aliphatic rings. The van der Waals surface area contributed by atoms with Crippen molar-refractivity contribution in [2.24, 2.45) is 0 Å². The molecule has 0 aromatic heterocycles. The van der Waals surface area contributed by atoms with Crippen LogP contribution in [0.25, 0.3) is 0 Å². The third-order valence-electron chi connectivity index (χ3n) is 3.37. The van der Waals surface area contributed by atoms with Gasteiger partial charge in [0, 0.05) is 16.9 Å². The molecule has 0 radical (unpaired) electrons. The third kappa shape index (κ3) is 4.25. The van der Waals surface area contributed by atoms with Crippen LogP contribution in [0.15, 0.2) is 42.5 Å². The number of amides is 1. The number of anilines is 2. The molecule has 22 heavy (non-hydrogen) atoms. The van der Waals surface area contributed by atoms with Crippen LogP contribution in [-0.2, 0) is 0 Å². The fourth-order valence-corrected chi connectivity index (χ4v) is 2.03. The van der Waals surface area contributed by atoms with Gasteiger partial charge in [-0.2, -0.15) is 0 Å². The topological polar surface area (TPSA) is 64.3 Å². The predicted octanol–water partition coefficient (Wildman–Crippen LogP) is 4.01. The van der Waals surface area contributed by atoms with Gasteiger partial charge in [0.1, 0.15) is 5.75 Å². The highest BCUT2D eigenvalue weighted by atomic mass is 16.5. The lowest BCUT2D eigenvalue weighted by molar-refractivity contribution is 0.102. The Labute approximate surface area is 131 Å². The van der Waals surface area contributed by atoms with Gasteiger partial charge in [-0.15, -0.1) is 0 Å². The Morgan fingerprint density at radius 3 is 2.82 bits per heavy atom. The van der Waals surface area contributed by atoms with Gasteiger partial charge < -0.3 is 15.8 Å². The molecule has 0 atom stereocenters. The number of unbranched alkanes of at least 4 members (excludes halogenated alkanes) is 1. The largest absolute Gasteiger partial charge is 0.494 e. The van der Waals surface area contributed by atoms with Gasteiger partial charge in [-0.3, -0.25) is 4.79 Å². The highest BCUT2D eigenvalue weighted by Crippen LogP contribution is 2.20. The van der Waals surface area contributed by atoms with Crippen molar-refractivity contribution in [1.82, 2.24) is 0 Å². The number of benzene rings is 2. The van der Waals surface area contributed by atoms with Crippen molar-refractivity contribution >= 4 is 17.3 Å². The molecular formula is C18H22N2O2. The minimum atomic E-state index is -0.172. The van der Waals surface area contributed by atoms with Crippen molar-refractivity contribution in [3.8, 4) is 5.75 Å². The Hall–Kier alpha value is -2.49. The lowest BCUT2D eigenvalue weighted by Gasteiger charge is -2.10. The first kappa shape index (κ1) is 15.9. The Morgan fingerprint density at radius 2 is 2.05 bits per heavy atom. The summed E-state index contributed by atoms with van der Waals surface area (Å²) in [6, 6.07) is 12.7. The van der Waals surface area contributed by atoms with Crippen molar-refractivity contribution in [2.75, 3.05) is 17.7 Å². The van der Waals surface area contributed by atoms with E-state index in [-0.39, 0.29) is 5.91 Å². The fraction of sp³-hybridized carbons (Fsp3) is 0.278. The van der Waals surface area contributed by atoms with Gasteiger partial charge in [0.25, 0.3) is 5.91 Å². The van der Waals surface area contributed by atoms with E-state index in [9.17, 15) is 4.79 Å². The maximum Gasteiger partial charge on any atom is 0.255 e. The van der Waals surface area contributed by atoms with Crippen LogP contribution in [0.4, 0.5) is 11.4 Å². The summed E-state index contributed by atoms with van der Waals surface area (Å²) in [6.45, 7) is 4.70. The smallest absolute Gasteiger partial charge is 0.255 e. The second-order valence-corrected chi connectivity index (χ2v) is 5.26.